The highest BCUT2D eigenvalue weighted by Gasteiger charge is 2.40. The van der Waals surface area contributed by atoms with Crippen LogP contribution in [0.1, 0.15) is 24.8 Å². The van der Waals surface area contributed by atoms with Crippen LogP contribution in [0.5, 0.6) is 0 Å². The fourth-order valence-corrected chi connectivity index (χ4v) is 4.45. The maximum absolute atomic E-state index is 13.4. The van der Waals surface area contributed by atoms with Gasteiger partial charge in [0.15, 0.2) is 11.6 Å². The van der Waals surface area contributed by atoms with Gasteiger partial charge < -0.3 is 15.5 Å². The monoisotopic (exact) mass is 425 g/mol. The van der Waals surface area contributed by atoms with Crippen LogP contribution in [-0.2, 0) is 0 Å². The third-order valence-corrected chi connectivity index (χ3v) is 6.03. The van der Waals surface area contributed by atoms with E-state index in [0.29, 0.717) is 30.7 Å². The zero-order valence-electron chi connectivity index (χ0n) is 17.2. The maximum atomic E-state index is 13.4. The second-order valence-corrected chi connectivity index (χ2v) is 8.06. The Morgan fingerprint density at radius 3 is 2.35 bits per heavy atom. The Morgan fingerprint density at radius 1 is 1.03 bits per heavy atom. The quantitative estimate of drug-likeness (QED) is 0.686. The molecular weight excluding hydrogens is 400 g/mol. The fraction of sp³-hybridized carbons (Fsp3) is 0.391. The number of carbonyl (C=O) groups excluding carboxylic acids is 1. The van der Waals surface area contributed by atoms with E-state index in [9.17, 15) is 13.6 Å². The van der Waals surface area contributed by atoms with E-state index in [1.165, 1.54) is 6.07 Å². The van der Waals surface area contributed by atoms with Crippen LogP contribution in [0.25, 0.3) is 0 Å². The normalized spacial score (nSPS) is 20.4. The number of nitrogens with one attached hydrogen (secondary N) is 2. The molecule has 2 bridgehead atoms. The van der Waals surface area contributed by atoms with E-state index in [1.54, 1.807) is 17.0 Å². The molecule has 2 aliphatic rings. The number of likely N-dealkylation sites (tertiary alicyclic amines) is 1. The topological polar surface area (TPSA) is 71.4 Å². The SMILES string of the molecule is N#Cc1ccc(NCCCN2C3CCC2CN(C(=O)Nc2ccc(F)c(F)c2)C3)cc1. The van der Waals surface area contributed by atoms with Crippen LogP contribution < -0.4 is 10.6 Å². The summed E-state index contributed by atoms with van der Waals surface area (Å²) in [5.41, 5.74) is 1.90. The van der Waals surface area contributed by atoms with E-state index in [2.05, 4.69) is 21.6 Å². The Hall–Kier alpha value is -3.18. The summed E-state index contributed by atoms with van der Waals surface area (Å²) in [6.07, 6.45) is 3.10. The first-order valence-electron chi connectivity index (χ1n) is 10.5. The number of fused-ring (bicyclic) bond motifs is 2. The van der Waals surface area contributed by atoms with Gasteiger partial charge in [-0.1, -0.05) is 0 Å². The van der Waals surface area contributed by atoms with Crippen molar-refractivity contribution in [2.45, 2.75) is 31.3 Å². The molecule has 2 N–H and O–H groups in total. The molecule has 2 heterocycles. The maximum Gasteiger partial charge on any atom is 0.321 e. The average molecular weight is 425 g/mol. The van der Waals surface area contributed by atoms with Crippen molar-refractivity contribution in [3.63, 3.8) is 0 Å². The van der Waals surface area contributed by atoms with Crippen LogP contribution in [0.15, 0.2) is 42.5 Å². The molecule has 2 aromatic carbocycles. The zero-order valence-corrected chi connectivity index (χ0v) is 17.2. The average Bonchev–Trinajstić information content (AvgIpc) is 3.00. The molecule has 8 heteroatoms. The number of nitrogens with zero attached hydrogens (tertiary/aromatic N) is 3. The van der Waals surface area contributed by atoms with Crippen LogP contribution >= 0.6 is 0 Å². The third-order valence-electron chi connectivity index (χ3n) is 6.03. The van der Waals surface area contributed by atoms with E-state index in [4.69, 9.17) is 5.26 Å². The minimum atomic E-state index is -0.975. The van der Waals surface area contributed by atoms with Crippen LogP contribution in [0.3, 0.4) is 0 Å². The minimum Gasteiger partial charge on any atom is -0.385 e. The summed E-state index contributed by atoms with van der Waals surface area (Å²) in [7, 11) is 0. The van der Waals surface area contributed by atoms with Gasteiger partial charge in [0.25, 0.3) is 0 Å². The molecule has 2 saturated heterocycles. The molecule has 0 saturated carbocycles. The number of piperazine rings is 1. The molecule has 6 nitrogen and oxygen atoms in total. The van der Waals surface area contributed by atoms with E-state index in [0.717, 1.165) is 50.2 Å². The van der Waals surface area contributed by atoms with E-state index >= 15 is 0 Å². The lowest BCUT2D eigenvalue weighted by atomic mass is 10.1. The number of rotatable bonds is 6. The first-order valence-corrected chi connectivity index (χ1v) is 10.5. The lowest BCUT2D eigenvalue weighted by Gasteiger charge is -2.41. The third kappa shape index (κ3) is 4.94. The molecule has 2 aliphatic heterocycles. The van der Waals surface area contributed by atoms with Gasteiger partial charge >= 0.3 is 6.03 Å². The van der Waals surface area contributed by atoms with Gasteiger partial charge in [0.05, 0.1) is 11.6 Å². The van der Waals surface area contributed by atoms with Crippen molar-refractivity contribution in [1.29, 1.82) is 5.26 Å². The Bertz CT molecular complexity index is 961. The highest BCUT2D eigenvalue weighted by molar-refractivity contribution is 5.89. The highest BCUT2D eigenvalue weighted by atomic mass is 19.2. The van der Waals surface area contributed by atoms with Crippen molar-refractivity contribution in [2.24, 2.45) is 0 Å². The smallest absolute Gasteiger partial charge is 0.321 e. The van der Waals surface area contributed by atoms with Crippen LogP contribution in [0.4, 0.5) is 25.0 Å². The molecular formula is C23H25F2N5O. The number of benzene rings is 2. The number of halogens is 2. The Morgan fingerprint density at radius 2 is 1.71 bits per heavy atom. The Labute approximate surface area is 180 Å². The summed E-state index contributed by atoms with van der Waals surface area (Å²) in [6.45, 7) is 3.06. The molecule has 2 aromatic rings. The van der Waals surface area contributed by atoms with Crippen LogP contribution in [0, 0.1) is 23.0 Å². The highest BCUT2D eigenvalue weighted by Crippen LogP contribution is 2.30. The van der Waals surface area contributed by atoms with Gasteiger partial charge in [0, 0.05) is 55.7 Å². The number of hydrogen-bond donors (Lipinski definition) is 2. The van der Waals surface area contributed by atoms with Gasteiger partial charge in [0.1, 0.15) is 0 Å². The largest absolute Gasteiger partial charge is 0.385 e. The molecule has 2 amide bonds. The number of urea groups is 1. The molecule has 0 aromatic heterocycles. The first kappa shape index (κ1) is 21.1. The van der Waals surface area contributed by atoms with Gasteiger partial charge in [0.2, 0.25) is 0 Å². The summed E-state index contributed by atoms with van der Waals surface area (Å²) in [6, 6.07) is 13.3. The summed E-state index contributed by atoms with van der Waals surface area (Å²) < 4.78 is 26.5. The molecule has 0 aliphatic carbocycles. The lowest BCUT2D eigenvalue weighted by Crippen LogP contribution is -2.56. The molecule has 2 fully saturated rings. The molecule has 162 valence electrons. The van der Waals surface area contributed by atoms with E-state index < -0.39 is 11.6 Å². The Kier molecular flexibility index (Phi) is 6.33. The number of hydrogen-bond acceptors (Lipinski definition) is 4. The van der Waals surface area contributed by atoms with Crippen molar-refractivity contribution in [3.05, 3.63) is 59.7 Å². The molecule has 4 rings (SSSR count). The molecule has 2 unspecified atom stereocenters. The van der Waals surface area contributed by atoms with Crippen LogP contribution in [-0.4, -0.2) is 54.1 Å². The zero-order chi connectivity index (χ0) is 21.8. The lowest BCUT2D eigenvalue weighted by molar-refractivity contribution is 0.0871. The Balaban J connectivity index is 1.24. The van der Waals surface area contributed by atoms with Gasteiger partial charge in [-0.15, -0.1) is 0 Å². The summed E-state index contributed by atoms with van der Waals surface area (Å²) in [4.78, 5) is 16.9. The van der Waals surface area contributed by atoms with Crippen molar-refractivity contribution < 1.29 is 13.6 Å². The number of nitriles is 1. The fourth-order valence-electron chi connectivity index (χ4n) is 4.45. The molecule has 0 spiro atoms. The standard InChI is InChI=1S/C23H25F2N5O/c24-21-9-6-18(12-22(21)25)28-23(31)29-14-19-7-8-20(15-29)30(19)11-1-10-27-17-4-2-16(13-26)3-5-17/h2-6,9,12,19-20,27H,1,7-8,10-11,14-15H2,(H,28,31). The summed E-state index contributed by atoms with van der Waals surface area (Å²) in [5.74, 6) is -1.91. The van der Waals surface area contributed by atoms with E-state index in [-0.39, 0.29) is 11.7 Å². The molecule has 31 heavy (non-hydrogen) atoms. The van der Waals surface area contributed by atoms with Crippen LogP contribution in [0.2, 0.25) is 0 Å². The van der Waals surface area contributed by atoms with Gasteiger partial charge in [-0.2, -0.15) is 5.26 Å². The summed E-state index contributed by atoms with van der Waals surface area (Å²) in [5, 5.41) is 14.9. The van der Waals surface area contributed by atoms with Gasteiger partial charge in [-0.3, -0.25) is 4.90 Å². The van der Waals surface area contributed by atoms with Crippen molar-refractivity contribution in [2.75, 3.05) is 36.8 Å². The molecule has 0 radical (unpaired) electrons. The second-order valence-electron chi connectivity index (χ2n) is 8.06. The van der Waals surface area contributed by atoms with E-state index in [1.807, 2.05) is 12.1 Å². The van der Waals surface area contributed by atoms with Crippen molar-refractivity contribution in [1.82, 2.24) is 9.80 Å². The van der Waals surface area contributed by atoms with Gasteiger partial charge in [-0.05, 0) is 55.7 Å². The number of carbonyl (C=O) groups is 1. The van der Waals surface area contributed by atoms with Gasteiger partial charge in [-0.25, -0.2) is 13.6 Å². The molecule has 2 atom stereocenters. The second kappa shape index (κ2) is 9.31. The summed E-state index contributed by atoms with van der Waals surface area (Å²) >= 11 is 0. The number of anilines is 2. The predicted octanol–water partition coefficient (Wildman–Crippen LogP) is 4.02. The van der Waals surface area contributed by atoms with Crippen molar-refractivity contribution in [3.8, 4) is 6.07 Å². The van der Waals surface area contributed by atoms with Crippen molar-refractivity contribution >= 4 is 17.4 Å². The predicted molar refractivity (Wildman–Crippen MR) is 115 cm³/mol. The first-order chi connectivity index (χ1) is 15.0. The minimum absolute atomic E-state index is 0.257. The number of amides is 2.